The molecule has 2 fully saturated rings. The van der Waals surface area contributed by atoms with Crippen molar-refractivity contribution in [3.8, 4) is 0 Å². The van der Waals surface area contributed by atoms with Crippen molar-refractivity contribution >= 4 is 46.8 Å². The van der Waals surface area contributed by atoms with Crippen LogP contribution in [0.4, 0.5) is 0 Å². The summed E-state index contributed by atoms with van der Waals surface area (Å²) >= 11 is 0. The van der Waals surface area contributed by atoms with Gasteiger partial charge in [0.25, 0.3) is 34.9 Å². The lowest BCUT2D eigenvalue weighted by Crippen LogP contribution is -2.49. The number of carbonyl (C=O) groups is 6. The fourth-order valence-corrected chi connectivity index (χ4v) is 4.54. The lowest BCUT2D eigenvalue weighted by Gasteiger charge is -2.32. The van der Waals surface area contributed by atoms with Gasteiger partial charge in [-0.3, -0.25) is 48.1 Å². The SMILES string of the molecule is O=COCN1CCN(COC=O)CCN(CC(=O)ON2C(=O)CC(S(=O)(=O)O)C2=O)CCN(CC(=O)O)CC1. The standard InChI is InChI=1S/C20H31N5O13S/c26-14-36-12-23-5-3-21(10-18(29)30)1-2-22(4-6-24(8-7-23)13-37-15-27)11-19(31)38-25-17(28)9-16(20(25)32)39(33,34)35/h14-16H,1-13H2,(H,29,30)(H,33,34,35). The quantitative estimate of drug-likeness (QED) is 0.127. The van der Waals surface area contributed by atoms with Crippen molar-refractivity contribution < 1.29 is 61.2 Å². The maximum absolute atomic E-state index is 12.6. The zero-order valence-corrected chi connectivity index (χ0v) is 21.8. The third kappa shape index (κ3) is 10.8. The topological polar surface area (TPSA) is 221 Å². The lowest BCUT2D eigenvalue weighted by atomic mass is 10.3. The average Bonchev–Trinajstić information content (AvgIpc) is 3.14. The maximum atomic E-state index is 12.6. The summed E-state index contributed by atoms with van der Waals surface area (Å²) in [4.78, 5) is 80.9. The van der Waals surface area contributed by atoms with Gasteiger partial charge in [-0.2, -0.15) is 8.42 Å². The van der Waals surface area contributed by atoms with Crippen LogP contribution in [0.2, 0.25) is 0 Å². The van der Waals surface area contributed by atoms with E-state index in [-0.39, 0.29) is 64.3 Å². The number of hydrogen-bond acceptors (Lipinski definition) is 15. The van der Waals surface area contributed by atoms with Crippen LogP contribution in [-0.2, 0) is 53.2 Å². The second kappa shape index (κ2) is 15.4. The molecule has 0 radical (unpaired) electrons. The first-order chi connectivity index (χ1) is 18.4. The second-order valence-electron chi connectivity index (χ2n) is 8.66. The Kier molecular flexibility index (Phi) is 12.6. The summed E-state index contributed by atoms with van der Waals surface area (Å²) in [6, 6.07) is 0. The molecule has 0 spiro atoms. The van der Waals surface area contributed by atoms with Gasteiger partial charge in [0.1, 0.15) is 13.5 Å². The Labute approximate surface area is 223 Å². The first-order valence-electron chi connectivity index (χ1n) is 11.7. The van der Waals surface area contributed by atoms with Crippen molar-refractivity contribution in [2.24, 2.45) is 0 Å². The van der Waals surface area contributed by atoms with Crippen molar-refractivity contribution in [2.45, 2.75) is 11.7 Å². The zero-order valence-electron chi connectivity index (χ0n) is 21.0. The van der Waals surface area contributed by atoms with Crippen molar-refractivity contribution in [1.29, 1.82) is 0 Å². The summed E-state index contributed by atoms with van der Waals surface area (Å²) in [5.41, 5.74) is 0. The molecule has 2 aliphatic rings. The molecule has 0 bridgehead atoms. The molecule has 2 N–H and O–H groups in total. The van der Waals surface area contributed by atoms with E-state index in [2.05, 4.69) is 0 Å². The zero-order chi connectivity index (χ0) is 29.0. The number of carbonyl (C=O) groups excluding carboxylic acids is 5. The normalized spacial score (nSPS) is 21.6. The van der Waals surface area contributed by atoms with Crippen LogP contribution in [0.1, 0.15) is 6.42 Å². The van der Waals surface area contributed by atoms with E-state index in [4.69, 9.17) is 18.9 Å². The Morgan fingerprint density at radius 1 is 0.821 bits per heavy atom. The molecular formula is C20H31N5O13S. The molecular weight excluding hydrogens is 550 g/mol. The van der Waals surface area contributed by atoms with Crippen molar-refractivity contribution in [3.05, 3.63) is 0 Å². The molecule has 2 saturated heterocycles. The van der Waals surface area contributed by atoms with E-state index < -0.39 is 52.1 Å². The number of hydroxylamine groups is 2. The number of aliphatic carboxylic acids is 1. The van der Waals surface area contributed by atoms with Gasteiger partial charge >= 0.3 is 11.9 Å². The highest BCUT2D eigenvalue weighted by Gasteiger charge is 2.48. The van der Waals surface area contributed by atoms with Gasteiger partial charge in [-0.1, -0.05) is 0 Å². The summed E-state index contributed by atoms with van der Waals surface area (Å²) in [5, 5.41) is 7.23. The van der Waals surface area contributed by atoms with E-state index in [1.54, 1.807) is 19.6 Å². The maximum Gasteiger partial charge on any atom is 0.347 e. The van der Waals surface area contributed by atoms with Gasteiger partial charge < -0.3 is 19.4 Å². The van der Waals surface area contributed by atoms with Crippen LogP contribution in [0.3, 0.4) is 0 Å². The number of rotatable bonds is 12. The average molecular weight is 582 g/mol. The molecule has 2 amide bonds. The largest absolute Gasteiger partial charge is 0.480 e. The van der Waals surface area contributed by atoms with E-state index in [1.807, 2.05) is 0 Å². The van der Waals surface area contributed by atoms with E-state index in [1.165, 1.54) is 0 Å². The molecule has 1 atom stereocenters. The highest BCUT2D eigenvalue weighted by Crippen LogP contribution is 2.19. The highest BCUT2D eigenvalue weighted by atomic mass is 32.2. The fourth-order valence-electron chi connectivity index (χ4n) is 3.84. The highest BCUT2D eigenvalue weighted by molar-refractivity contribution is 7.87. The number of nitrogens with zero attached hydrogens (tertiary/aromatic N) is 5. The smallest absolute Gasteiger partial charge is 0.347 e. The number of carboxylic acids is 1. The van der Waals surface area contributed by atoms with Crippen LogP contribution >= 0.6 is 0 Å². The summed E-state index contributed by atoms with van der Waals surface area (Å²) in [5.74, 6) is -4.66. The molecule has 2 rings (SSSR count). The van der Waals surface area contributed by atoms with Crippen LogP contribution in [0, 0.1) is 0 Å². The van der Waals surface area contributed by atoms with Gasteiger partial charge in [0.05, 0.1) is 19.5 Å². The van der Waals surface area contributed by atoms with Crippen molar-refractivity contribution in [2.75, 3.05) is 78.9 Å². The lowest BCUT2D eigenvalue weighted by molar-refractivity contribution is -0.198. The molecule has 2 heterocycles. The second-order valence-corrected chi connectivity index (χ2v) is 10.3. The van der Waals surface area contributed by atoms with Gasteiger partial charge in [-0.15, -0.1) is 5.06 Å². The van der Waals surface area contributed by atoms with E-state index in [9.17, 15) is 42.3 Å². The summed E-state index contributed by atoms with van der Waals surface area (Å²) < 4.78 is 41.4. The predicted octanol–water partition coefficient (Wildman–Crippen LogP) is -3.97. The minimum atomic E-state index is -4.88. The van der Waals surface area contributed by atoms with Crippen molar-refractivity contribution in [1.82, 2.24) is 24.7 Å². The molecule has 0 aromatic carbocycles. The number of hydrogen-bond donors (Lipinski definition) is 2. The number of ether oxygens (including phenoxy) is 2. The van der Waals surface area contributed by atoms with Crippen LogP contribution in [0.25, 0.3) is 0 Å². The van der Waals surface area contributed by atoms with Gasteiger partial charge in [0, 0.05) is 52.4 Å². The molecule has 0 saturated carbocycles. The number of imide groups is 1. The molecule has 0 aromatic rings. The summed E-state index contributed by atoms with van der Waals surface area (Å²) in [6.45, 7) is 1.76. The molecule has 0 aromatic heterocycles. The Hall–Kier alpha value is -3.23. The minimum absolute atomic E-state index is 0.00816. The molecule has 18 nitrogen and oxygen atoms in total. The van der Waals surface area contributed by atoms with Gasteiger partial charge in [0.15, 0.2) is 5.25 Å². The third-order valence-corrected chi connectivity index (χ3v) is 6.99. The summed E-state index contributed by atoms with van der Waals surface area (Å²) in [7, 11) is -4.88. The van der Waals surface area contributed by atoms with E-state index in [0.717, 1.165) is 0 Å². The Morgan fingerprint density at radius 3 is 1.64 bits per heavy atom. The molecule has 2 aliphatic heterocycles. The predicted molar refractivity (Wildman–Crippen MR) is 126 cm³/mol. The minimum Gasteiger partial charge on any atom is -0.480 e. The molecule has 220 valence electrons. The van der Waals surface area contributed by atoms with Crippen molar-refractivity contribution in [3.63, 3.8) is 0 Å². The number of amides is 2. The third-order valence-electron chi connectivity index (χ3n) is 5.91. The fraction of sp³-hybridized carbons (Fsp3) is 0.700. The number of carboxylic acid groups (broad SMARTS) is 1. The molecule has 19 heteroatoms. The molecule has 0 aliphatic carbocycles. The first kappa shape index (κ1) is 32.0. The Bertz CT molecular complexity index is 1010. The van der Waals surface area contributed by atoms with Crippen LogP contribution < -0.4 is 0 Å². The first-order valence-corrected chi connectivity index (χ1v) is 13.2. The van der Waals surface area contributed by atoms with E-state index >= 15 is 0 Å². The Balaban J connectivity index is 2.12. The molecule has 1 unspecified atom stereocenters. The van der Waals surface area contributed by atoms with Gasteiger partial charge in [0.2, 0.25) is 0 Å². The monoisotopic (exact) mass is 581 g/mol. The van der Waals surface area contributed by atoms with Gasteiger partial charge in [-0.25, -0.2) is 4.79 Å². The van der Waals surface area contributed by atoms with Crippen LogP contribution in [-0.4, -0.2) is 164 Å². The summed E-state index contributed by atoms with van der Waals surface area (Å²) in [6.07, 6.45) is -0.876. The van der Waals surface area contributed by atoms with E-state index in [0.29, 0.717) is 26.1 Å². The van der Waals surface area contributed by atoms with Crippen LogP contribution in [0.5, 0.6) is 0 Å². The Morgan fingerprint density at radius 2 is 1.26 bits per heavy atom. The van der Waals surface area contributed by atoms with Crippen LogP contribution in [0.15, 0.2) is 0 Å². The molecule has 39 heavy (non-hydrogen) atoms. The van der Waals surface area contributed by atoms with Gasteiger partial charge in [-0.05, 0) is 0 Å².